The second-order valence-corrected chi connectivity index (χ2v) is 4.88. The van der Waals surface area contributed by atoms with Gasteiger partial charge >= 0.3 is 0 Å². The molecule has 18 heavy (non-hydrogen) atoms. The Kier molecular flexibility index (Phi) is 4.73. The normalized spacial score (nSPS) is 10.3. The molecule has 0 amide bonds. The average molecular weight is 307 g/mol. The second-order valence-electron chi connectivity index (χ2n) is 3.97. The van der Waals surface area contributed by atoms with Crippen LogP contribution in [0, 0.1) is 0 Å². The van der Waals surface area contributed by atoms with Gasteiger partial charge in [0.2, 0.25) is 0 Å². The minimum absolute atomic E-state index is 0.795. The lowest BCUT2D eigenvalue weighted by molar-refractivity contribution is 0.414. The van der Waals surface area contributed by atoms with E-state index in [0.717, 1.165) is 28.9 Å². The number of benzene rings is 1. The van der Waals surface area contributed by atoms with Crippen molar-refractivity contribution in [2.75, 3.05) is 7.11 Å². The first kappa shape index (κ1) is 13.1. The Morgan fingerprint density at radius 2 is 2.00 bits per heavy atom. The molecule has 0 aliphatic carbocycles. The number of pyridine rings is 1. The summed E-state index contributed by atoms with van der Waals surface area (Å²) in [7, 11) is 1.68. The number of hydrogen-bond acceptors (Lipinski definition) is 3. The third-order valence-corrected chi connectivity index (χ3v) is 2.99. The first-order chi connectivity index (χ1) is 8.78. The quantitative estimate of drug-likeness (QED) is 0.921. The highest BCUT2D eigenvalue weighted by molar-refractivity contribution is 9.10. The minimum Gasteiger partial charge on any atom is -0.497 e. The van der Waals surface area contributed by atoms with Gasteiger partial charge in [-0.2, -0.15) is 0 Å². The lowest BCUT2D eigenvalue weighted by Crippen LogP contribution is -2.12. The van der Waals surface area contributed by atoms with Crippen LogP contribution in [0.5, 0.6) is 5.75 Å². The third kappa shape index (κ3) is 3.82. The number of methoxy groups -OCH3 is 1. The van der Waals surface area contributed by atoms with Crippen LogP contribution in [-0.4, -0.2) is 12.1 Å². The fourth-order valence-corrected chi connectivity index (χ4v) is 2.10. The molecule has 0 spiro atoms. The molecule has 0 saturated heterocycles. The molecule has 1 aromatic heterocycles. The van der Waals surface area contributed by atoms with Gasteiger partial charge in [-0.1, -0.05) is 12.1 Å². The van der Waals surface area contributed by atoms with Gasteiger partial charge in [0.1, 0.15) is 5.75 Å². The number of halogens is 1. The summed E-state index contributed by atoms with van der Waals surface area (Å²) >= 11 is 3.41. The highest BCUT2D eigenvalue weighted by Gasteiger charge is 1.97. The molecule has 0 atom stereocenters. The van der Waals surface area contributed by atoms with Crippen LogP contribution in [-0.2, 0) is 13.1 Å². The molecule has 4 heteroatoms. The number of ether oxygens (including phenoxy) is 1. The van der Waals surface area contributed by atoms with Gasteiger partial charge in [0.15, 0.2) is 0 Å². The van der Waals surface area contributed by atoms with Crippen molar-refractivity contribution in [3.63, 3.8) is 0 Å². The molecule has 1 aromatic carbocycles. The Morgan fingerprint density at radius 3 is 2.78 bits per heavy atom. The Labute approximate surface area is 115 Å². The minimum atomic E-state index is 0.795. The highest BCUT2D eigenvalue weighted by Crippen LogP contribution is 2.13. The zero-order chi connectivity index (χ0) is 12.8. The van der Waals surface area contributed by atoms with E-state index >= 15 is 0 Å². The largest absolute Gasteiger partial charge is 0.497 e. The molecule has 1 N–H and O–H groups in total. The lowest BCUT2D eigenvalue weighted by atomic mass is 10.2. The highest BCUT2D eigenvalue weighted by atomic mass is 79.9. The molecule has 1 heterocycles. The molecule has 0 saturated carbocycles. The molecule has 94 valence electrons. The summed E-state index contributed by atoms with van der Waals surface area (Å²) in [6.07, 6.45) is 3.65. The van der Waals surface area contributed by atoms with Crippen LogP contribution in [0.1, 0.15) is 11.1 Å². The van der Waals surface area contributed by atoms with E-state index in [1.807, 2.05) is 24.4 Å². The fraction of sp³-hybridized carbons (Fsp3) is 0.214. The monoisotopic (exact) mass is 306 g/mol. The fourth-order valence-electron chi connectivity index (χ4n) is 1.69. The molecule has 0 bridgehead atoms. The van der Waals surface area contributed by atoms with Gasteiger partial charge in [0.25, 0.3) is 0 Å². The Bertz CT molecular complexity index is 517. The van der Waals surface area contributed by atoms with Crippen molar-refractivity contribution in [2.45, 2.75) is 13.1 Å². The van der Waals surface area contributed by atoms with E-state index in [9.17, 15) is 0 Å². The van der Waals surface area contributed by atoms with Crippen molar-refractivity contribution in [3.05, 3.63) is 58.3 Å². The maximum Gasteiger partial charge on any atom is 0.119 e. The predicted molar refractivity (Wildman–Crippen MR) is 75.5 cm³/mol. The van der Waals surface area contributed by atoms with Gasteiger partial charge in [0, 0.05) is 30.0 Å². The van der Waals surface area contributed by atoms with E-state index < -0.39 is 0 Å². The number of nitrogens with one attached hydrogen (secondary N) is 1. The van der Waals surface area contributed by atoms with Crippen molar-refractivity contribution >= 4 is 15.9 Å². The summed E-state index contributed by atoms with van der Waals surface area (Å²) < 4.78 is 6.19. The van der Waals surface area contributed by atoms with Gasteiger partial charge in [-0.15, -0.1) is 0 Å². The standard InChI is InChI=1S/C14H15BrN2O/c1-18-14-4-2-3-11(6-14)7-16-8-12-5-13(15)10-17-9-12/h2-6,9-10,16H,7-8H2,1H3. The number of rotatable bonds is 5. The maximum absolute atomic E-state index is 5.19. The molecular formula is C14H15BrN2O. The van der Waals surface area contributed by atoms with Crippen molar-refractivity contribution in [1.29, 1.82) is 0 Å². The van der Waals surface area contributed by atoms with Crippen molar-refractivity contribution in [3.8, 4) is 5.75 Å². The van der Waals surface area contributed by atoms with Crippen LogP contribution in [0.4, 0.5) is 0 Å². The molecule has 0 aliphatic heterocycles. The SMILES string of the molecule is COc1cccc(CNCc2cncc(Br)c2)c1. The van der Waals surface area contributed by atoms with Gasteiger partial charge in [-0.3, -0.25) is 4.98 Å². The molecule has 0 unspecified atom stereocenters. The summed E-state index contributed by atoms with van der Waals surface area (Å²) in [5, 5.41) is 3.38. The van der Waals surface area contributed by atoms with E-state index in [-0.39, 0.29) is 0 Å². The van der Waals surface area contributed by atoms with Crippen LogP contribution >= 0.6 is 15.9 Å². The summed E-state index contributed by atoms with van der Waals surface area (Å²) in [5.41, 5.74) is 2.37. The number of aromatic nitrogens is 1. The molecule has 3 nitrogen and oxygen atoms in total. The Morgan fingerprint density at radius 1 is 1.17 bits per heavy atom. The van der Waals surface area contributed by atoms with Crippen LogP contribution in [0.3, 0.4) is 0 Å². The number of hydrogen-bond donors (Lipinski definition) is 1. The average Bonchev–Trinajstić information content (AvgIpc) is 2.39. The second kappa shape index (κ2) is 6.52. The molecule has 0 aliphatic rings. The van der Waals surface area contributed by atoms with Gasteiger partial charge < -0.3 is 10.1 Å². The van der Waals surface area contributed by atoms with E-state index in [2.05, 4.69) is 38.4 Å². The lowest BCUT2D eigenvalue weighted by Gasteiger charge is -2.06. The zero-order valence-corrected chi connectivity index (χ0v) is 11.8. The van der Waals surface area contributed by atoms with E-state index in [1.54, 1.807) is 13.3 Å². The molecular weight excluding hydrogens is 292 g/mol. The molecule has 0 radical (unpaired) electrons. The van der Waals surface area contributed by atoms with Crippen LogP contribution in [0.15, 0.2) is 47.2 Å². The first-order valence-electron chi connectivity index (χ1n) is 5.71. The van der Waals surface area contributed by atoms with Crippen molar-refractivity contribution in [1.82, 2.24) is 10.3 Å². The molecule has 0 fully saturated rings. The molecule has 2 rings (SSSR count). The molecule has 2 aromatic rings. The summed E-state index contributed by atoms with van der Waals surface area (Å²) in [6, 6.07) is 10.1. The summed E-state index contributed by atoms with van der Waals surface area (Å²) in [6.45, 7) is 1.60. The summed E-state index contributed by atoms with van der Waals surface area (Å²) in [4.78, 5) is 4.13. The van der Waals surface area contributed by atoms with Crippen LogP contribution in [0.2, 0.25) is 0 Å². The van der Waals surface area contributed by atoms with Gasteiger partial charge in [-0.05, 0) is 45.3 Å². The Hall–Kier alpha value is -1.39. The zero-order valence-electron chi connectivity index (χ0n) is 10.2. The topological polar surface area (TPSA) is 34.1 Å². The number of nitrogens with zero attached hydrogens (tertiary/aromatic N) is 1. The summed E-state index contributed by atoms with van der Waals surface area (Å²) in [5.74, 6) is 0.887. The third-order valence-electron chi connectivity index (χ3n) is 2.55. The van der Waals surface area contributed by atoms with Gasteiger partial charge in [-0.25, -0.2) is 0 Å². The van der Waals surface area contributed by atoms with E-state index in [0.29, 0.717) is 0 Å². The van der Waals surface area contributed by atoms with E-state index in [4.69, 9.17) is 4.74 Å². The van der Waals surface area contributed by atoms with Gasteiger partial charge in [0.05, 0.1) is 7.11 Å². The maximum atomic E-state index is 5.19. The first-order valence-corrected chi connectivity index (χ1v) is 6.50. The van der Waals surface area contributed by atoms with E-state index in [1.165, 1.54) is 5.56 Å². The predicted octanol–water partition coefficient (Wildman–Crippen LogP) is 3.14. The van der Waals surface area contributed by atoms with Crippen molar-refractivity contribution in [2.24, 2.45) is 0 Å². The Balaban J connectivity index is 1.88. The van der Waals surface area contributed by atoms with Crippen LogP contribution in [0.25, 0.3) is 0 Å². The van der Waals surface area contributed by atoms with Crippen molar-refractivity contribution < 1.29 is 4.74 Å². The smallest absolute Gasteiger partial charge is 0.119 e. The van der Waals surface area contributed by atoms with Crippen LogP contribution < -0.4 is 10.1 Å².